The maximum absolute atomic E-state index is 2.38. The molecule has 0 aromatic carbocycles. The van der Waals surface area contributed by atoms with Crippen LogP contribution in [0.4, 0.5) is 0 Å². The number of hydrogen-bond acceptors (Lipinski definition) is 0. The predicted molar refractivity (Wildman–Crippen MR) is 55.1 cm³/mol. The van der Waals surface area contributed by atoms with Crippen LogP contribution in [0.5, 0.6) is 0 Å². The predicted octanol–water partition coefficient (Wildman–Crippen LogP) is 4.09. The highest BCUT2D eigenvalue weighted by Crippen LogP contribution is 2.24. The molecule has 0 spiro atoms. The summed E-state index contributed by atoms with van der Waals surface area (Å²) >= 11 is 0. The van der Waals surface area contributed by atoms with Gasteiger partial charge in [0.15, 0.2) is 0 Å². The summed E-state index contributed by atoms with van der Waals surface area (Å²) in [5.41, 5.74) is 1.39. The first-order chi connectivity index (χ1) is 5.79. The lowest BCUT2D eigenvalue weighted by molar-refractivity contribution is 0.419. The van der Waals surface area contributed by atoms with E-state index in [1.165, 1.54) is 37.7 Å². The molecular formula is C12H20. The van der Waals surface area contributed by atoms with Crippen molar-refractivity contribution in [2.75, 3.05) is 0 Å². The monoisotopic (exact) mass is 164 g/mol. The molecular weight excluding hydrogens is 144 g/mol. The van der Waals surface area contributed by atoms with Crippen LogP contribution in [0.1, 0.15) is 46.0 Å². The van der Waals surface area contributed by atoms with E-state index in [4.69, 9.17) is 0 Å². The van der Waals surface area contributed by atoms with Crippen LogP contribution in [0.2, 0.25) is 0 Å². The third-order valence-corrected chi connectivity index (χ3v) is 2.46. The summed E-state index contributed by atoms with van der Waals surface area (Å²) in [5, 5.41) is 0. The van der Waals surface area contributed by atoms with Crippen molar-refractivity contribution < 1.29 is 0 Å². The Balaban J connectivity index is 2.29. The van der Waals surface area contributed by atoms with Crippen LogP contribution in [0, 0.1) is 5.92 Å². The van der Waals surface area contributed by atoms with Gasteiger partial charge in [-0.1, -0.05) is 43.1 Å². The van der Waals surface area contributed by atoms with E-state index in [0.717, 1.165) is 5.92 Å². The van der Waals surface area contributed by atoms with Gasteiger partial charge >= 0.3 is 0 Å². The summed E-state index contributed by atoms with van der Waals surface area (Å²) in [4.78, 5) is 0. The van der Waals surface area contributed by atoms with Crippen LogP contribution in [0.25, 0.3) is 0 Å². The van der Waals surface area contributed by atoms with Gasteiger partial charge in [-0.05, 0) is 32.6 Å². The molecule has 0 amide bonds. The lowest BCUT2D eigenvalue weighted by Crippen LogP contribution is -2.02. The minimum absolute atomic E-state index is 0.870. The van der Waals surface area contributed by atoms with E-state index >= 15 is 0 Å². The molecule has 0 heteroatoms. The van der Waals surface area contributed by atoms with Crippen molar-refractivity contribution in [2.24, 2.45) is 5.92 Å². The molecule has 0 bridgehead atoms. The highest BCUT2D eigenvalue weighted by molar-refractivity contribution is 5.09. The average molecular weight is 164 g/mol. The van der Waals surface area contributed by atoms with Crippen LogP contribution >= 0.6 is 0 Å². The van der Waals surface area contributed by atoms with E-state index in [1.54, 1.807) is 0 Å². The lowest BCUT2D eigenvalue weighted by Gasteiger charge is -2.17. The van der Waals surface area contributed by atoms with Gasteiger partial charge in [-0.25, -0.2) is 0 Å². The maximum Gasteiger partial charge on any atom is -0.0230 e. The molecule has 1 rings (SSSR count). The van der Waals surface area contributed by atoms with Crippen molar-refractivity contribution >= 4 is 0 Å². The summed E-state index contributed by atoms with van der Waals surface area (Å²) in [7, 11) is 0. The quantitative estimate of drug-likeness (QED) is 0.539. The SMILES string of the molecule is CC(C)=C/C=C/C1CCCCC1. The summed E-state index contributed by atoms with van der Waals surface area (Å²) < 4.78 is 0. The zero-order valence-electron chi connectivity index (χ0n) is 8.34. The van der Waals surface area contributed by atoms with Crippen molar-refractivity contribution in [3.8, 4) is 0 Å². The van der Waals surface area contributed by atoms with Gasteiger partial charge in [0, 0.05) is 0 Å². The van der Waals surface area contributed by atoms with Gasteiger partial charge in [0.25, 0.3) is 0 Å². The maximum atomic E-state index is 2.38. The van der Waals surface area contributed by atoms with Gasteiger partial charge in [0.05, 0.1) is 0 Å². The molecule has 1 saturated carbocycles. The van der Waals surface area contributed by atoms with Gasteiger partial charge in [-0.2, -0.15) is 0 Å². The zero-order chi connectivity index (χ0) is 8.81. The molecule has 0 nitrogen and oxygen atoms in total. The molecule has 1 aliphatic rings. The molecule has 12 heavy (non-hydrogen) atoms. The van der Waals surface area contributed by atoms with Crippen molar-refractivity contribution in [3.63, 3.8) is 0 Å². The first kappa shape index (κ1) is 9.57. The molecule has 1 aliphatic carbocycles. The fourth-order valence-electron chi connectivity index (χ4n) is 1.73. The van der Waals surface area contributed by atoms with Gasteiger partial charge in [0.2, 0.25) is 0 Å². The Morgan fingerprint density at radius 1 is 1.08 bits per heavy atom. The third-order valence-electron chi connectivity index (χ3n) is 2.46. The first-order valence-corrected chi connectivity index (χ1v) is 5.11. The van der Waals surface area contributed by atoms with Crippen LogP contribution in [-0.4, -0.2) is 0 Å². The van der Waals surface area contributed by atoms with Gasteiger partial charge in [0.1, 0.15) is 0 Å². The largest absolute Gasteiger partial charge is 0.0814 e. The minimum atomic E-state index is 0.870. The van der Waals surface area contributed by atoms with Crippen LogP contribution < -0.4 is 0 Å². The van der Waals surface area contributed by atoms with E-state index in [2.05, 4.69) is 32.1 Å². The van der Waals surface area contributed by atoms with E-state index in [9.17, 15) is 0 Å². The Labute approximate surface area is 76.4 Å². The van der Waals surface area contributed by atoms with E-state index in [0.29, 0.717) is 0 Å². The second kappa shape index (κ2) is 5.18. The Kier molecular flexibility index (Phi) is 4.13. The Hall–Kier alpha value is -0.520. The Morgan fingerprint density at radius 2 is 1.75 bits per heavy atom. The highest BCUT2D eigenvalue weighted by atomic mass is 14.1. The van der Waals surface area contributed by atoms with Gasteiger partial charge < -0.3 is 0 Å². The van der Waals surface area contributed by atoms with Crippen LogP contribution in [-0.2, 0) is 0 Å². The first-order valence-electron chi connectivity index (χ1n) is 5.11. The summed E-state index contributed by atoms with van der Waals surface area (Å²) in [6.07, 6.45) is 14.0. The van der Waals surface area contributed by atoms with Crippen molar-refractivity contribution in [3.05, 3.63) is 23.8 Å². The van der Waals surface area contributed by atoms with E-state index < -0.39 is 0 Å². The van der Waals surface area contributed by atoms with Crippen LogP contribution in [0.3, 0.4) is 0 Å². The van der Waals surface area contributed by atoms with Crippen LogP contribution in [0.15, 0.2) is 23.8 Å². The molecule has 0 heterocycles. The highest BCUT2D eigenvalue weighted by Gasteiger charge is 2.08. The fourth-order valence-corrected chi connectivity index (χ4v) is 1.73. The molecule has 1 fully saturated rings. The molecule has 0 aromatic rings. The molecule has 0 radical (unpaired) electrons. The fraction of sp³-hybridized carbons (Fsp3) is 0.667. The summed E-state index contributed by atoms with van der Waals surface area (Å²) in [6, 6.07) is 0. The van der Waals surface area contributed by atoms with Crippen molar-refractivity contribution in [1.29, 1.82) is 0 Å². The second-order valence-corrected chi connectivity index (χ2v) is 4.03. The minimum Gasteiger partial charge on any atom is -0.0814 e. The zero-order valence-corrected chi connectivity index (χ0v) is 8.34. The molecule has 0 aliphatic heterocycles. The van der Waals surface area contributed by atoms with Crippen molar-refractivity contribution in [2.45, 2.75) is 46.0 Å². The molecule has 0 aromatic heterocycles. The standard InChI is InChI=1S/C12H20/c1-11(2)7-6-10-12-8-4-3-5-9-12/h6-7,10,12H,3-5,8-9H2,1-2H3/b10-6+. The topological polar surface area (TPSA) is 0 Å². The van der Waals surface area contributed by atoms with Crippen molar-refractivity contribution in [1.82, 2.24) is 0 Å². The third kappa shape index (κ3) is 3.75. The Morgan fingerprint density at radius 3 is 2.33 bits per heavy atom. The average Bonchev–Trinajstić information content (AvgIpc) is 2.05. The Bertz CT molecular complexity index is 164. The number of rotatable bonds is 2. The molecule has 0 saturated heterocycles. The second-order valence-electron chi connectivity index (χ2n) is 4.03. The lowest BCUT2D eigenvalue weighted by atomic mass is 9.89. The number of hydrogen-bond donors (Lipinski definition) is 0. The number of allylic oxidation sites excluding steroid dienone is 4. The van der Waals surface area contributed by atoms with Gasteiger partial charge in [-0.3, -0.25) is 0 Å². The van der Waals surface area contributed by atoms with E-state index in [-0.39, 0.29) is 0 Å². The molecule has 0 unspecified atom stereocenters. The molecule has 0 atom stereocenters. The molecule has 68 valence electrons. The summed E-state index contributed by atoms with van der Waals surface area (Å²) in [6.45, 7) is 4.29. The smallest absolute Gasteiger partial charge is 0.0230 e. The molecule has 0 N–H and O–H groups in total. The van der Waals surface area contributed by atoms with E-state index in [1.807, 2.05) is 0 Å². The summed E-state index contributed by atoms with van der Waals surface area (Å²) in [5.74, 6) is 0.870. The van der Waals surface area contributed by atoms with Gasteiger partial charge in [-0.15, -0.1) is 0 Å². The normalized spacial score (nSPS) is 19.8.